The molecular weight excluding hydrogens is 396 g/mol. The molecule has 0 aliphatic carbocycles. The Bertz CT molecular complexity index is 709. The SMILES string of the molecule is O=C(COC(=O)c1cccc[n+]1[O-])NCCSc1ccc(Br)cc1. The van der Waals surface area contributed by atoms with Crippen LogP contribution in [0.2, 0.25) is 0 Å². The van der Waals surface area contributed by atoms with Crippen molar-refractivity contribution in [2.24, 2.45) is 0 Å². The number of carbonyl (C=O) groups excluding carboxylic acids is 2. The molecule has 0 fully saturated rings. The van der Waals surface area contributed by atoms with Crippen molar-refractivity contribution in [1.29, 1.82) is 0 Å². The van der Waals surface area contributed by atoms with E-state index in [2.05, 4.69) is 21.2 Å². The molecule has 2 aromatic rings. The molecule has 1 N–H and O–H groups in total. The van der Waals surface area contributed by atoms with Crippen molar-refractivity contribution >= 4 is 39.6 Å². The highest BCUT2D eigenvalue weighted by Gasteiger charge is 2.17. The van der Waals surface area contributed by atoms with E-state index < -0.39 is 18.5 Å². The van der Waals surface area contributed by atoms with Crippen molar-refractivity contribution in [3.63, 3.8) is 0 Å². The number of esters is 1. The lowest BCUT2D eigenvalue weighted by atomic mass is 10.3. The predicted octanol–water partition coefficient (Wildman–Crippen LogP) is 2.15. The molecule has 0 unspecified atom stereocenters. The van der Waals surface area contributed by atoms with Crippen molar-refractivity contribution in [1.82, 2.24) is 5.32 Å². The Morgan fingerprint density at radius 1 is 1.21 bits per heavy atom. The molecule has 2 rings (SSSR count). The first-order valence-electron chi connectivity index (χ1n) is 7.06. The van der Waals surface area contributed by atoms with Crippen molar-refractivity contribution in [3.05, 3.63) is 64.0 Å². The number of rotatable bonds is 7. The number of benzene rings is 1. The van der Waals surface area contributed by atoms with Crippen LogP contribution in [0.4, 0.5) is 0 Å². The fourth-order valence-corrected chi connectivity index (χ4v) is 2.77. The first-order chi connectivity index (χ1) is 11.6. The molecule has 0 aliphatic heterocycles. The summed E-state index contributed by atoms with van der Waals surface area (Å²) >= 11 is 4.97. The Kier molecular flexibility index (Phi) is 7.07. The highest BCUT2D eigenvalue weighted by Crippen LogP contribution is 2.19. The minimum Gasteiger partial charge on any atom is -0.618 e. The van der Waals surface area contributed by atoms with E-state index in [4.69, 9.17) is 4.74 Å². The molecule has 0 bridgehead atoms. The van der Waals surface area contributed by atoms with Gasteiger partial charge in [0.1, 0.15) is 0 Å². The van der Waals surface area contributed by atoms with Crippen LogP contribution in [-0.2, 0) is 9.53 Å². The van der Waals surface area contributed by atoms with Gasteiger partial charge in [-0.15, -0.1) is 11.8 Å². The maximum Gasteiger partial charge on any atom is 0.405 e. The van der Waals surface area contributed by atoms with Gasteiger partial charge in [-0.3, -0.25) is 4.79 Å². The largest absolute Gasteiger partial charge is 0.618 e. The number of nitrogens with zero attached hydrogens (tertiary/aromatic N) is 1. The summed E-state index contributed by atoms with van der Waals surface area (Å²) in [5.74, 6) is -0.543. The normalized spacial score (nSPS) is 10.2. The lowest BCUT2D eigenvalue weighted by molar-refractivity contribution is -0.608. The molecule has 0 saturated carbocycles. The summed E-state index contributed by atoms with van der Waals surface area (Å²) in [4.78, 5) is 24.4. The fraction of sp³-hybridized carbons (Fsp3) is 0.188. The number of ether oxygens (including phenoxy) is 1. The molecule has 0 atom stereocenters. The van der Waals surface area contributed by atoms with Crippen LogP contribution in [0.25, 0.3) is 0 Å². The Balaban J connectivity index is 1.65. The summed E-state index contributed by atoms with van der Waals surface area (Å²) in [6.45, 7) is 0.0285. The Morgan fingerprint density at radius 2 is 1.96 bits per heavy atom. The first-order valence-corrected chi connectivity index (χ1v) is 8.84. The molecule has 1 amide bonds. The number of pyridine rings is 1. The number of thioether (sulfide) groups is 1. The molecular formula is C16H15BrN2O4S. The van der Waals surface area contributed by atoms with E-state index in [9.17, 15) is 14.8 Å². The van der Waals surface area contributed by atoms with E-state index in [1.807, 2.05) is 24.3 Å². The molecule has 24 heavy (non-hydrogen) atoms. The third kappa shape index (κ3) is 5.86. The standard InChI is InChI=1S/C16H15BrN2O4S/c17-12-4-6-13(7-5-12)24-10-8-18-15(20)11-23-16(21)14-3-1-2-9-19(14)22/h1-7,9H,8,10-11H2,(H,18,20). The number of hydrogen-bond donors (Lipinski definition) is 1. The van der Waals surface area contributed by atoms with Crippen LogP contribution in [-0.4, -0.2) is 30.8 Å². The average Bonchev–Trinajstić information content (AvgIpc) is 2.58. The second-order valence-corrected chi connectivity index (χ2v) is 6.72. The number of aromatic nitrogens is 1. The highest BCUT2D eigenvalue weighted by atomic mass is 79.9. The van der Waals surface area contributed by atoms with E-state index in [0.29, 0.717) is 17.0 Å². The average molecular weight is 411 g/mol. The van der Waals surface area contributed by atoms with E-state index in [1.165, 1.54) is 18.3 Å². The second kappa shape index (κ2) is 9.29. The van der Waals surface area contributed by atoms with Crippen molar-refractivity contribution < 1.29 is 19.1 Å². The van der Waals surface area contributed by atoms with E-state index in [-0.39, 0.29) is 5.69 Å². The topological polar surface area (TPSA) is 82.3 Å². The number of halogens is 1. The van der Waals surface area contributed by atoms with Gasteiger partial charge in [-0.05, 0) is 30.3 Å². The van der Waals surface area contributed by atoms with Crippen LogP contribution in [0.15, 0.2) is 58.0 Å². The molecule has 0 aliphatic rings. The Hall–Kier alpha value is -2.06. The zero-order valence-corrected chi connectivity index (χ0v) is 15.0. The molecule has 1 aromatic carbocycles. The van der Waals surface area contributed by atoms with Gasteiger partial charge in [0.15, 0.2) is 12.8 Å². The minimum atomic E-state index is -0.829. The summed E-state index contributed by atoms with van der Waals surface area (Å²) in [6.07, 6.45) is 1.19. The monoisotopic (exact) mass is 410 g/mol. The van der Waals surface area contributed by atoms with Crippen molar-refractivity contribution in [2.45, 2.75) is 4.90 Å². The van der Waals surface area contributed by atoms with Crippen LogP contribution in [0, 0.1) is 5.21 Å². The summed E-state index contributed by atoms with van der Waals surface area (Å²) in [5, 5.41) is 14.0. The summed E-state index contributed by atoms with van der Waals surface area (Å²) in [7, 11) is 0. The van der Waals surface area contributed by atoms with Crippen LogP contribution in [0.5, 0.6) is 0 Å². The molecule has 8 heteroatoms. The highest BCUT2D eigenvalue weighted by molar-refractivity contribution is 9.10. The maximum atomic E-state index is 11.7. The third-order valence-corrected chi connectivity index (χ3v) is 4.42. The van der Waals surface area contributed by atoms with Gasteiger partial charge >= 0.3 is 11.7 Å². The lowest BCUT2D eigenvalue weighted by Crippen LogP contribution is -2.36. The minimum absolute atomic E-state index is 0.156. The molecule has 6 nitrogen and oxygen atoms in total. The van der Waals surface area contributed by atoms with Gasteiger partial charge in [0.05, 0.1) is 0 Å². The number of nitrogens with one attached hydrogen (secondary N) is 1. The van der Waals surface area contributed by atoms with Crippen LogP contribution >= 0.6 is 27.7 Å². The first kappa shape index (κ1) is 18.3. The van der Waals surface area contributed by atoms with Crippen molar-refractivity contribution in [3.8, 4) is 0 Å². The molecule has 126 valence electrons. The van der Waals surface area contributed by atoms with Crippen LogP contribution < -0.4 is 10.0 Å². The molecule has 1 aromatic heterocycles. The Morgan fingerprint density at radius 3 is 2.67 bits per heavy atom. The zero-order chi connectivity index (χ0) is 17.4. The second-order valence-electron chi connectivity index (χ2n) is 4.64. The van der Waals surface area contributed by atoms with Gasteiger partial charge < -0.3 is 15.3 Å². The van der Waals surface area contributed by atoms with Crippen molar-refractivity contribution in [2.75, 3.05) is 18.9 Å². The lowest BCUT2D eigenvalue weighted by Gasteiger charge is -2.07. The van der Waals surface area contributed by atoms with Crippen LogP contribution in [0.1, 0.15) is 10.5 Å². The molecule has 1 heterocycles. The number of hydrogen-bond acceptors (Lipinski definition) is 5. The molecule has 0 radical (unpaired) electrons. The van der Waals surface area contributed by atoms with Gasteiger partial charge in [-0.2, -0.15) is 4.73 Å². The summed E-state index contributed by atoms with van der Waals surface area (Å²) in [5.41, 5.74) is -0.156. The predicted molar refractivity (Wildman–Crippen MR) is 93.6 cm³/mol. The van der Waals surface area contributed by atoms with Gasteiger partial charge in [0, 0.05) is 33.8 Å². The third-order valence-electron chi connectivity index (χ3n) is 2.87. The Labute approximate surface area is 151 Å². The van der Waals surface area contributed by atoms with Gasteiger partial charge in [0.2, 0.25) is 0 Å². The summed E-state index contributed by atoms with van der Waals surface area (Å²) < 4.78 is 6.23. The van der Waals surface area contributed by atoms with Gasteiger partial charge in [0.25, 0.3) is 5.91 Å². The summed E-state index contributed by atoms with van der Waals surface area (Å²) in [6, 6.07) is 12.2. The molecule has 0 spiro atoms. The quantitative estimate of drug-likeness (QED) is 0.248. The number of carbonyl (C=O) groups is 2. The maximum absolute atomic E-state index is 11.7. The smallest absolute Gasteiger partial charge is 0.405 e. The number of amides is 1. The zero-order valence-electron chi connectivity index (χ0n) is 12.6. The van der Waals surface area contributed by atoms with E-state index in [0.717, 1.165) is 9.37 Å². The van der Waals surface area contributed by atoms with E-state index in [1.54, 1.807) is 17.8 Å². The van der Waals surface area contributed by atoms with E-state index >= 15 is 0 Å². The van der Waals surface area contributed by atoms with Gasteiger partial charge in [-0.25, -0.2) is 4.79 Å². The van der Waals surface area contributed by atoms with Gasteiger partial charge in [-0.1, -0.05) is 15.9 Å². The van der Waals surface area contributed by atoms with Crippen LogP contribution in [0.3, 0.4) is 0 Å². The fourth-order valence-electron chi connectivity index (χ4n) is 1.73. The molecule has 0 saturated heterocycles.